The van der Waals surface area contributed by atoms with Crippen LogP contribution in [0.25, 0.3) is 16.9 Å². The molecule has 2 aromatic heterocycles. The van der Waals surface area contributed by atoms with E-state index in [1.54, 1.807) is 10.7 Å². The number of aryl methyl sites for hydroxylation is 1. The average molecular weight is 667 g/mol. The molecule has 1 amide bonds. The van der Waals surface area contributed by atoms with E-state index in [1.807, 2.05) is 71.3 Å². The summed E-state index contributed by atoms with van der Waals surface area (Å²) in [7, 11) is 1.84. The van der Waals surface area contributed by atoms with Crippen LogP contribution in [-0.4, -0.2) is 53.9 Å². The first kappa shape index (κ1) is 33.7. The molecule has 3 heterocycles. The van der Waals surface area contributed by atoms with Crippen LogP contribution in [0.4, 0.5) is 8.78 Å². The Balaban J connectivity index is 1.60. The number of guanidine groups is 1. The predicted octanol–water partition coefficient (Wildman–Crippen LogP) is 6.13. The minimum atomic E-state index is -2.92. The molecule has 2 N–H and O–H groups in total. The number of aromatic nitrogens is 5. The third-order valence-electron chi connectivity index (χ3n) is 7.80. The van der Waals surface area contributed by atoms with Crippen LogP contribution in [0.1, 0.15) is 76.4 Å². The van der Waals surface area contributed by atoms with Crippen LogP contribution in [0.2, 0.25) is 5.02 Å². The number of aliphatic imine (C=N–C) groups is 1. The molecule has 0 aliphatic carbocycles. The van der Waals surface area contributed by atoms with Crippen LogP contribution in [-0.2, 0) is 26.9 Å². The minimum absolute atomic E-state index is 0.0740. The van der Waals surface area contributed by atoms with E-state index < -0.39 is 35.7 Å². The van der Waals surface area contributed by atoms with Gasteiger partial charge in [0.25, 0.3) is 12.3 Å². The quantitative estimate of drug-likeness (QED) is 0.190. The summed E-state index contributed by atoms with van der Waals surface area (Å²) < 4.78 is 35.8. The fourth-order valence-corrected chi connectivity index (χ4v) is 6.01. The van der Waals surface area contributed by atoms with E-state index in [4.69, 9.17) is 27.1 Å². The number of esters is 1. The van der Waals surface area contributed by atoms with Crippen LogP contribution >= 0.6 is 11.6 Å². The number of amides is 1. The van der Waals surface area contributed by atoms with Crippen molar-refractivity contribution in [3.8, 4) is 16.9 Å². The van der Waals surface area contributed by atoms with Crippen molar-refractivity contribution in [2.45, 2.75) is 65.0 Å². The normalized spacial score (nSPS) is 17.3. The molecule has 0 saturated carbocycles. The van der Waals surface area contributed by atoms with E-state index in [-0.39, 0.29) is 35.1 Å². The molecule has 4 aromatic rings. The van der Waals surface area contributed by atoms with Gasteiger partial charge in [0.2, 0.25) is 0 Å². The predicted molar refractivity (Wildman–Crippen MR) is 173 cm³/mol. The molecular formula is C33H37ClF2N8O3. The van der Waals surface area contributed by atoms with Crippen molar-refractivity contribution < 1.29 is 23.1 Å². The number of ether oxygens (including phenoxy) is 1. The fourth-order valence-electron chi connectivity index (χ4n) is 5.81. The Bertz CT molecular complexity index is 1800. The molecule has 0 spiro atoms. The lowest BCUT2D eigenvalue weighted by molar-refractivity contribution is -0.147. The molecule has 5 rings (SSSR count). The number of nitrogens with zero attached hydrogens (tertiary/aromatic N) is 7. The van der Waals surface area contributed by atoms with E-state index >= 15 is 0 Å². The second kappa shape index (κ2) is 13.2. The van der Waals surface area contributed by atoms with E-state index in [0.29, 0.717) is 24.0 Å². The van der Waals surface area contributed by atoms with Gasteiger partial charge >= 0.3 is 5.97 Å². The minimum Gasteiger partial charge on any atom is -0.463 e. The molecule has 0 bridgehead atoms. The second-order valence-corrected chi connectivity index (χ2v) is 13.1. The van der Waals surface area contributed by atoms with Crippen molar-refractivity contribution in [2.75, 3.05) is 6.61 Å². The van der Waals surface area contributed by atoms with Gasteiger partial charge in [0.05, 0.1) is 22.4 Å². The van der Waals surface area contributed by atoms with Crippen molar-refractivity contribution in [3.63, 3.8) is 0 Å². The van der Waals surface area contributed by atoms with Gasteiger partial charge in [0, 0.05) is 25.2 Å². The molecule has 2 aromatic carbocycles. The highest BCUT2D eigenvalue weighted by Gasteiger charge is 2.53. The molecule has 0 radical (unpaired) electrons. The monoisotopic (exact) mass is 666 g/mol. The summed E-state index contributed by atoms with van der Waals surface area (Å²) in [6.07, 6.45) is 0.969. The van der Waals surface area contributed by atoms with Gasteiger partial charge < -0.3 is 10.5 Å². The zero-order valence-electron chi connectivity index (χ0n) is 26.8. The van der Waals surface area contributed by atoms with Gasteiger partial charge in [-0.3, -0.25) is 19.2 Å². The van der Waals surface area contributed by atoms with Crippen molar-refractivity contribution in [1.82, 2.24) is 29.4 Å². The molecule has 0 fully saturated rings. The van der Waals surface area contributed by atoms with E-state index in [2.05, 4.69) is 15.2 Å². The maximum absolute atomic E-state index is 14.8. The van der Waals surface area contributed by atoms with Crippen LogP contribution in [0, 0.1) is 5.41 Å². The summed E-state index contributed by atoms with van der Waals surface area (Å²) in [5, 5.41) is 8.53. The summed E-state index contributed by atoms with van der Waals surface area (Å²) in [6.45, 7) is 7.59. The van der Waals surface area contributed by atoms with Crippen LogP contribution < -0.4 is 5.73 Å². The van der Waals surface area contributed by atoms with Crippen molar-refractivity contribution in [1.29, 1.82) is 0 Å². The number of halogens is 3. The topological polar surface area (TPSA) is 134 Å². The standard InChI is InChI=1S/C33H37ClF2N8O3/c1-6-7-27(45)47-17-26(21-10-13-23(34)25(16-21)44-29(28(35)36)38-19-39-44)43-30(46)33(40-31(43)37,18-32(2,3)4)22-11-8-20(9-12-22)24-14-15-42(5)41-24/h8-16,19,26,28H,6-7,17-18H2,1-5H3,(H2,37,40)/t26-,33-/m1/s1. The van der Waals surface area contributed by atoms with Gasteiger partial charge in [-0.25, -0.2) is 23.4 Å². The largest absolute Gasteiger partial charge is 0.463 e. The number of hydrogen-bond donors (Lipinski definition) is 1. The molecule has 14 heteroatoms. The third-order valence-corrected chi connectivity index (χ3v) is 8.12. The number of carbonyl (C=O) groups excluding carboxylic acids is 2. The van der Waals surface area contributed by atoms with Crippen LogP contribution in [0.3, 0.4) is 0 Å². The number of alkyl halides is 2. The maximum atomic E-state index is 14.8. The molecule has 0 saturated heterocycles. The summed E-state index contributed by atoms with van der Waals surface area (Å²) in [4.78, 5) is 37.2. The number of rotatable bonds is 11. The van der Waals surface area contributed by atoms with Crippen molar-refractivity contribution in [3.05, 3.63) is 83.0 Å². The first-order valence-corrected chi connectivity index (χ1v) is 15.5. The zero-order chi connectivity index (χ0) is 34.1. The van der Waals surface area contributed by atoms with Gasteiger partial charge in [0.15, 0.2) is 17.3 Å². The Kier molecular flexibility index (Phi) is 9.48. The summed E-state index contributed by atoms with van der Waals surface area (Å²) in [5.74, 6) is -1.56. The number of carbonyl (C=O) groups is 2. The van der Waals surface area contributed by atoms with E-state index in [1.165, 1.54) is 17.0 Å². The Hall–Kier alpha value is -4.65. The molecule has 2 atom stereocenters. The molecule has 11 nitrogen and oxygen atoms in total. The van der Waals surface area contributed by atoms with Crippen LogP contribution in [0.15, 0.2) is 66.0 Å². The first-order valence-electron chi connectivity index (χ1n) is 15.2. The Morgan fingerprint density at radius 2 is 1.85 bits per heavy atom. The molecule has 47 heavy (non-hydrogen) atoms. The highest BCUT2D eigenvalue weighted by molar-refractivity contribution is 6.32. The summed E-state index contributed by atoms with van der Waals surface area (Å²) in [6, 6.07) is 13.0. The highest BCUT2D eigenvalue weighted by atomic mass is 35.5. The van der Waals surface area contributed by atoms with Crippen molar-refractivity contribution in [2.24, 2.45) is 23.2 Å². The SMILES string of the molecule is CCCC(=O)OC[C@H](c1ccc(Cl)c(-n2ncnc2C(F)F)c1)N1C(=O)[C@@](CC(C)(C)C)(c2ccc(-c3ccn(C)n3)cc2)N=C1N. The zero-order valence-corrected chi connectivity index (χ0v) is 27.6. The van der Waals surface area contributed by atoms with E-state index in [0.717, 1.165) is 22.3 Å². The fraction of sp³-hybridized carbons (Fsp3) is 0.394. The first-order chi connectivity index (χ1) is 22.2. The third kappa shape index (κ3) is 6.90. The van der Waals surface area contributed by atoms with Crippen molar-refractivity contribution >= 4 is 29.4 Å². The lowest BCUT2D eigenvalue weighted by Crippen LogP contribution is -2.47. The second-order valence-electron chi connectivity index (χ2n) is 12.7. The average Bonchev–Trinajstić information content (AvgIpc) is 3.73. The molecular weight excluding hydrogens is 630 g/mol. The lowest BCUT2D eigenvalue weighted by Gasteiger charge is -2.35. The van der Waals surface area contributed by atoms with Gasteiger partial charge in [-0.05, 0) is 47.6 Å². The van der Waals surface area contributed by atoms with E-state index in [9.17, 15) is 18.4 Å². The van der Waals surface area contributed by atoms with Crippen LogP contribution in [0.5, 0.6) is 0 Å². The number of benzene rings is 2. The number of hydrogen-bond acceptors (Lipinski definition) is 8. The molecule has 0 unspecified atom stereocenters. The Labute approximate surface area is 276 Å². The summed E-state index contributed by atoms with van der Waals surface area (Å²) in [5.41, 5.74) is 7.62. The van der Waals surface area contributed by atoms with Gasteiger partial charge in [-0.2, -0.15) is 10.2 Å². The van der Waals surface area contributed by atoms with Gasteiger partial charge in [-0.15, -0.1) is 0 Å². The molecule has 1 aliphatic rings. The molecule has 1 aliphatic heterocycles. The van der Waals surface area contributed by atoms with Gasteiger partial charge in [0.1, 0.15) is 12.9 Å². The number of nitrogens with two attached hydrogens (primary N) is 1. The Morgan fingerprint density at radius 3 is 2.47 bits per heavy atom. The highest BCUT2D eigenvalue weighted by Crippen LogP contribution is 2.45. The summed E-state index contributed by atoms with van der Waals surface area (Å²) >= 11 is 6.46. The Morgan fingerprint density at radius 1 is 1.13 bits per heavy atom. The molecule has 248 valence electrons. The van der Waals surface area contributed by atoms with Gasteiger partial charge in [-0.1, -0.05) is 69.6 Å². The maximum Gasteiger partial charge on any atom is 0.305 e. The lowest BCUT2D eigenvalue weighted by atomic mass is 9.75. The smallest absolute Gasteiger partial charge is 0.305 e.